The lowest BCUT2D eigenvalue weighted by Crippen LogP contribution is -2.26. The normalized spacial score (nSPS) is 25.1. The van der Waals surface area contributed by atoms with Gasteiger partial charge in [0.2, 0.25) is 0 Å². The molecule has 2 heteroatoms. The van der Waals surface area contributed by atoms with E-state index in [1.807, 2.05) is 0 Å². The second kappa shape index (κ2) is 3.24. The zero-order valence-electron chi connectivity index (χ0n) is 9.51. The van der Waals surface area contributed by atoms with E-state index in [0.717, 1.165) is 6.54 Å². The van der Waals surface area contributed by atoms with Gasteiger partial charge < -0.3 is 9.88 Å². The Balaban J connectivity index is 2.05. The summed E-state index contributed by atoms with van der Waals surface area (Å²) in [6.45, 7) is 4.57. The molecule has 15 heavy (non-hydrogen) atoms. The van der Waals surface area contributed by atoms with Gasteiger partial charge in [-0.15, -0.1) is 0 Å². The summed E-state index contributed by atoms with van der Waals surface area (Å²) in [6, 6.07) is 0. The molecule has 1 N–H and O–H groups in total. The smallest absolute Gasteiger partial charge is 0.0385 e. The van der Waals surface area contributed by atoms with Gasteiger partial charge in [-0.1, -0.05) is 19.1 Å². The van der Waals surface area contributed by atoms with E-state index in [1.165, 1.54) is 36.3 Å². The summed E-state index contributed by atoms with van der Waals surface area (Å²) in [7, 11) is 2.20. The predicted octanol–water partition coefficient (Wildman–Crippen LogP) is 2.21. The highest BCUT2D eigenvalue weighted by Gasteiger charge is 2.22. The first kappa shape index (κ1) is 9.22. The highest BCUT2D eigenvalue weighted by atomic mass is 15.1. The first-order valence-electron chi connectivity index (χ1n) is 5.83. The van der Waals surface area contributed by atoms with Crippen LogP contribution in [0, 0.1) is 5.92 Å². The third kappa shape index (κ3) is 1.44. The molecule has 0 spiro atoms. The van der Waals surface area contributed by atoms with Crippen LogP contribution in [0.1, 0.15) is 29.4 Å². The Bertz CT molecular complexity index is 414. The molecular weight excluding hydrogens is 184 g/mol. The lowest BCUT2D eigenvalue weighted by Gasteiger charge is -2.22. The summed E-state index contributed by atoms with van der Waals surface area (Å²) in [5.74, 6) is 0.690. The summed E-state index contributed by atoms with van der Waals surface area (Å²) in [6.07, 6.45) is 7.05. The fourth-order valence-corrected chi connectivity index (χ4v) is 2.75. The summed E-state index contributed by atoms with van der Waals surface area (Å²) in [5, 5.41) is 0. The number of nitrogens with zero attached hydrogens (tertiary/aromatic N) is 1. The minimum atomic E-state index is 0.690. The zero-order valence-corrected chi connectivity index (χ0v) is 9.51. The largest absolute Gasteiger partial charge is 0.360 e. The first-order valence-corrected chi connectivity index (χ1v) is 5.83. The summed E-state index contributed by atoms with van der Waals surface area (Å²) < 4.78 is 0. The zero-order chi connectivity index (χ0) is 10.4. The van der Waals surface area contributed by atoms with Crippen LogP contribution in [0.3, 0.4) is 0 Å². The minimum Gasteiger partial charge on any atom is -0.360 e. The monoisotopic (exact) mass is 202 g/mol. The van der Waals surface area contributed by atoms with E-state index in [9.17, 15) is 0 Å². The van der Waals surface area contributed by atoms with Gasteiger partial charge in [-0.2, -0.15) is 0 Å². The Morgan fingerprint density at radius 2 is 2.27 bits per heavy atom. The number of H-pyrrole nitrogens is 1. The second-order valence-corrected chi connectivity index (χ2v) is 5.00. The van der Waals surface area contributed by atoms with E-state index < -0.39 is 0 Å². The molecule has 1 aromatic rings. The van der Waals surface area contributed by atoms with Crippen molar-refractivity contribution < 1.29 is 0 Å². The highest BCUT2D eigenvalue weighted by molar-refractivity contribution is 5.61. The second-order valence-electron chi connectivity index (χ2n) is 5.00. The molecule has 80 valence electrons. The fourth-order valence-electron chi connectivity index (χ4n) is 2.75. The summed E-state index contributed by atoms with van der Waals surface area (Å²) in [4.78, 5) is 6.01. The maximum absolute atomic E-state index is 3.62. The number of likely N-dealkylation sites (N-methyl/N-ethyl adjacent to an activating group) is 1. The molecule has 2 aliphatic rings. The number of rotatable bonds is 0. The average molecular weight is 202 g/mol. The van der Waals surface area contributed by atoms with Crippen molar-refractivity contribution in [2.75, 3.05) is 13.6 Å². The molecule has 1 aliphatic carbocycles. The van der Waals surface area contributed by atoms with Crippen molar-refractivity contribution in [1.82, 2.24) is 9.88 Å². The van der Waals surface area contributed by atoms with Crippen molar-refractivity contribution in [3.63, 3.8) is 0 Å². The Kier molecular flexibility index (Phi) is 1.99. The molecule has 0 saturated heterocycles. The van der Waals surface area contributed by atoms with Crippen molar-refractivity contribution in [3.05, 3.63) is 28.6 Å². The molecule has 0 saturated carbocycles. The summed E-state index contributed by atoms with van der Waals surface area (Å²) >= 11 is 0. The van der Waals surface area contributed by atoms with Gasteiger partial charge in [-0.05, 0) is 36.9 Å². The van der Waals surface area contributed by atoms with Crippen molar-refractivity contribution >= 4 is 6.08 Å². The third-order valence-electron chi connectivity index (χ3n) is 3.61. The van der Waals surface area contributed by atoms with E-state index in [2.05, 4.69) is 36.0 Å². The molecule has 0 fully saturated rings. The summed E-state index contributed by atoms with van der Waals surface area (Å²) in [5.41, 5.74) is 5.99. The Morgan fingerprint density at radius 3 is 3.13 bits per heavy atom. The number of aromatic nitrogens is 1. The average Bonchev–Trinajstić information content (AvgIpc) is 2.53. The number of hydrogen-bond donors (Lipinski definition) is 1. The van der Waals surface area contributed by atoms with Gasteiger partial charge in [-0.3, -0.25) is 0 Å². The van der Waals surface area contributed by atoms with Crippen LogP contribution in [0.2, 0.25) is 0 Å². The number of nitrogens with one attached hydrogen (secondary N) is 1. The molecule has 1 unspecified atom stereocenters. The van der Waals surface area contributed by atoms with Gasteiger partial charge >= 0.3 is 0 Å². The van der Waals surface area contributed by atoms with E-state index in [0.29, 0.717) is 5.92 Å². The van der Waals surface area contributed by atoms with E-state index in [1.54, 1.807) is 5.56 Å². The molecule has 0 aromatic carbocycles. The minimum absolute atomic E-state index is 0.690. The molecule has 0 amide bonds. The first-order chi connectivity index (χ1) is 7.24. The van der Waals surface area contributed by atoms with E-state index >= 15 is 0 Å². The molecule has 0 bridgehead atoms. The highest BCUT2D eigenvalue weighted by Crippen LogP contribution is 2.30. The lowest BCUT2D eigenvalue weighted by atomic mass is 9.92. The number of allylic oxidation sites excluding steroid dienone is 1. The van der Waals surface area contributed by atoms with Crippen LogP contribution in [0.25, 0.3) is 6.08 Å². The van der Waals surface area contributed by atoms with Crippen LogP contribution < -0.4 is 0 Å². The number of hydrogen-bond acceptors (Lipinski definition) is 1. The van der Waals surface area contributed by atoms with Gasteiger partial charge in [0.25, 0.3) is 0 Å². The quantitative estimate of drug-likeness (QED) is 0.683. The van der Waals surface area contributed by atoms with Crippen LogP contribution >= 0.6 is 0 Å². The van der Waals surface area contributed by atoms with Crippen LogP contribution in [0.4, 0.5) is 0 Å². The molecule has 0 radical (unpaired) electrons. The Morgan fingerprint density at radius 1 is 1.40 bits per heavy atom. The Hall–Kier alpha value is -1.02. The van der Waals surface area contributed by atoms with Crippen molar-refractivity contribution in [3.8, 4) is 0 Å². The standard InChI is InChI=1S/C13H18N2/c1-9-3-4-10-11-5-6-15(2)8-13(11)14-12(10)7-9/h3-4,9,14H,5-8H2,1-2H3. The van der Waals surface area contributed by atoms with E-state index in [-0.39, 0.29) is 0 Å². The van der Waals surface area contributed by atoms with Gasteiger partial charge in [0.15, 0.2) is 0 Å². The molecule has 3 rings (SSSR count). The molecule has 1 aliphatic heterocycles. The van der Waals surface area contributed by atoms with Crippen LogP contribution in [-0.4, -0.2) is 23.5 Å². The lowest BCUT2D eigenvalue weighted by molar-refractivity contribution is 0.309. The van der Waals surface area contributed by atoms with Gasteiger partial charge in [0.1, 0.15) is 0 Å². The van der Waals surface area contributed by atoms with Crippen molar-refractivity contribution in [1.29, 1.82) is 0 Å². The van der Waals surface area contributed by atoms with Crippen molar-refractivity contribution in [2.24, 2.45) is 5.92 Å². The van der Waals surface area contributed by atoms with Gasteiger partial charge in [-0.25, -0.2) is 0 Å². The van der Waals surface area contributed by atoms with Crippen molar-refractivity contribution in [2.45, 2.75) is 26.3 Å². The molecular formula is C13H18N2. The van der Waals surface area contributed by atoms with Gasteiger partial charge in [0, 0.05) is 24.5 Å². The molecule has 2 heterocycles. The van der Waals surface area contributed by atoms with Crippen LogP contribution in [-0.2, 0) is 19.4 Å². The Labute approximate surface area is 91.0 Å². The molecule has 1 aromatic heterocycles. The van der Waals surface area contributed by atoms with Crippen LogP contribution in [0.15, 0.2) is 6.08 Å². The maximum Gasteiger partial charge on any atom is 0.0385 e. The van der Waals surface area contributed by atoms with Crippen LogP contribution in [0.5, 0.6) is 0 Å². The maximum atomic E-state index is 3.62. The topological polar surface area (TPSA) is 19.0 Å². The SMILES string of the molecule is CC1C=Cc2c([nH]c3c2CCN(C)C3)C1. The molecule has 2 nitrogen and oxygen atoms in total. The molecule has 1 atom stereocenters. The number of fused-ring (bicyclic) bond motifs is 3. The van der Waals surface area contributed by atoms with E-state index in [4.69, 9.17) is 0 Å². The fraction of sp³-hybridized carbons (Fsp3) is 0.538. The van der Waals surface area contributed by atoms with Gasteiger partial charge in [0.05, 0.1) is 0 Å². The third-order valence-corrected chi connectivity index (χ3v) is 3.61. The predicted molar refractivity (Wildman–Crippen MR) is 62.7 cm³/mol. The number of aromatic amines is 1.